The van der Waals surface area contributed by atoms with Gasteiger partial charge in [0.05, 0.1) is 0 Å². The van der Waals surface area contributed by atoms with Crippen molar-refractivity contribution in [3.05, 3.63) is 54.4 Å². The van der Waals surface area contributed by atoms with Crippen LogP contribution in [-0.2, 0) is 11.2 Å². The number of anilines is 1. The second-order valence-corrected chi connectivity index (χ2v) is 8.51. The van der Waals surface area contributed by atoms with E-state index in [0.717, 1.165) is 37.7 Å². The second kappa shape index (κ2) is 9.72. The predicted octanol–water partition coefficient (Wildman–Crippen LogP) is 0.556. The number of aromatic nitrogens is 2. The number of carbonyl (C=O) groups excluding carboxylic acids is 1. The van der Waals surface area contributed by atoms with Crippen LogP contribution in [0.5, 0.6) is 0 Å². The summed E-state index contributed by atoms with van der Waals surface area (Å²) >= 11 is 0. The molecule has 8 heteroatoms. The van der Waals surface area contributed by atoms with Crippen molar-refractivity contribution in [3.63, 3.8) is 0 Å². The molecule has 2 atom stereocenters. The van der Waals surface area contributed by atoms with Gasteiger partial charge in [0.2, 0.25) is 11.9 Å². The Labute approximate surface area is 183 Å². The molecule has 0 radical (unpaired) electrons. The lowest BCUT2D eigenvalue weighted by Gasteiger charge is -2.45. The van der Waals surface area contributed by atoms with Crippen LogP contribution in [0, 0.1) is 0 Å². The summed E-state index contributed by atoms with van der Waals surface area (Å²) in [6.07, 6.45) is 4.01. The highest BCUT2D eigenvalue weighted by Crippen LogP contribution is 2.25. The molecule has 1 aromatic heterocycles. The van der Waals surface area contributed by atoms with Gasteiger partial charge in [-0.1, -0.05) is 30.3 Å². The van der Waals surface area contributed by atoms with Crippen molar-refractivity contribution < 1.29 is 15.0 Å². The van der Waals surface area contributed by atoms with Crippen LogP contribution in [0.15, 0.2) is 48.8 Å². The molecular formula is C23H31N5O3. The van der Waals surface area contributed by atoms with E-state index in [4.69, 9.17) is 0 Å². The second-order valence-electron chi connectivity index (χ2n) is 8.51. The van der Waals surface area contributed by atoms with Gasteiger partial charge in [-0.15, -0.1) is 0 Å². The largest absolute Gasteiger partial charge is 0.388 e. The molecule has 0 unspecified atom stereocenters. The minimum absolute atomic E-state index is 0.0291. The number of amides is 1. The summed E-state index contributed by atoms with van der Waals surface area (Å²) in [6, 6.07) is 11.7. The fourth-order valence-electron chi connectivity index (χ4n) is 4.38. The standard InChI is InChI=1S/C23H31N5O3/c29-20-17-28(21(30)8-7-19-5-2-1-3-6-19)12-9-23(20,31)18-26-13-15-27(16-14-26)22-24-10-4-11-25-22/h1-6,10-11,20,29,31H,7-9,12-18H2/t20-,23-/m0/s1. The summed E-state index contributed by atoms with van der Waals surface area (Å²) < 4.78 is 0. The smallest absolute Gasteiger partial charge is 0.225 e. The van der Waals surface area contributed by atoms with E-state index in [1.165, 1.54) is 0 Å². The van der Waals surface area contributed by atoms with Crippen LogP contribution in [0.1, 0.15) is 18.4 Å². The highest BCUT2D eigenvalue weighted by molar-refractivity contribution is 5.76. The van der Waals surface area contributed by atoms with Gasteiger partial charge in [-0.05, 0) is 24.5 Å². The molecule has 1 amide bonds. The van der Waals surface area contributed by atoms with Gasteiger partial charge in [-0.3, -0.25) is 9.69 Å². The lowest BCUT2D eigenvalue weighted by molar-refractivity contribution is -0.153. The fraction of sp³-hybridized carbons (Fsp3) is 0.522. The zero-order valence-corrected chi connectivity index (χ0v) is 17.8. The number of likely N-dealkylation sites (tertiary alicyclic amines) is 1. The number of nitrogens with zero attached hydrogens (tertiary/aromatic N) is 5. The van der Waals surface area contributed by atoms with Crippen LogP contribution >= 0.6 is 0 Å². The van der Waals surface area contributed by atoms with Gasteiger partial charge < -0.3 is 20.0 Å². The van der Waals surface area contributed by atoms with Crippen molar-refractivity contribution >= 4 is 11.9 Å². The summed E-state index contributed by atoms with van der Waals surface area (Å²) in [5.74, 6) is 0.754. The third kappa shape index (κ3) is 5.39. The number of aryl methyl sites for hydroxylation is 1. The molecule has 2 saturated heterocycles. The molecule has 0 aliphatic carbocycles. The van der Waals surface area contributed by atoms with Crippen molar-refractivity contribution in [1.82, 2.24) is 19.8 Å². The average molecular weight is 426 g/mol. The molecule has 1 aromatic carbocycles. The first kappa shape index (κ1) is 21.7. The van der Waals surface area contributed by atoms with E-state index < -0.39 is 11.7 Å². The van der Waals surface area contributed by atoms with E-state index in [2.05, 4.69) is 19.8 Å². The molecule has 4 rings (SSSR count). The predicted molar refractivity (Wildman–Crippen MR) is 118 cm³/mol. The average Bonchev–Trinajstić information content (AvgIpc) is 2.81. The lowest BCUT2D eigenvalue weighted by atomic mass is 9.87. The lowest BCUT2D eigenvalue weighted by Crippen LogP contribution is -2.62. The fourth-order valence-corrected chi connectivity index (χ4v) is 4.38. The first-order valence-electron chi connectivity index (χ1n) is 11.0. The van der Waals surface area contributed by atoms with Gasteiger partial charge in [-0.2, -0.15) is 0 Å². The van der Waals surface area contributed by atoms with Crippen LogP contribution < -0.4 is 4.90 Å². The SMILES string of the molecule is O=C(CCc1ccccc1)N1CC[C@](O)(CN2CCN(c3ncccn3)CC2)[C@@H](O)C1. The number of piperazine rings is 1. The van der Waals surface area contributed by atoms with Crippen LogP contribution in [0.25, 0.3) is 0 Å². The van der Waals surface area contributed by atoms with Crippen LogP contribution in [0.3, 0.4) is 0 Å². The molecule has 0 saturated carbocycles. The van der Waals surface area contributed by atoms with Gasteiger partial charge in [0.1, 0.15) is 11.7 Å². The maximum absolute atomic E-state index is 12.6. The summed E-state index contributed by atoms with van der Waals surface area (Å²) in [6.45, 7) is 4.16. The maximum atomic E-state index is 12.6. The highest BCUT2D eigenvalue weighted by Gasteiger charge is 2.43. The molecule has 8 nitrogen and oxygen atoms in total. The highest BCUT2D eigenvalue weighted by atomic mass is 16.3. The van der Waals surface area contributed by atoms with Crippen LogP contribution in [-0.4, -0.2) is 93.4 Å². The van der Waals surface area contributed by atoms with E-state index in [9.17, 15) is 15.0 Å². The number of β-amino-alcohol motifs (C(OH)–C–C–N with tert-alkyl or cyclic N) is 2. The zero-order chi connectivity index (χ0) is 21.7. The molecule has 31 heavy (non-hydrogen) atoms. The normalized spacial score (nSPS) is 24.9. The van der Waals surface area contributed by atoms with E-state index in [1.807, 2.05) is 30.3 Å². The number of rotatable bonds is 6. The quantitative estimate of drug-likeness (QED) is 0.698. The first-order chi connectivity index (χ1) is 15.0. The zero-order valence-electron chi connectivity index (χ0n) is 17.8. The Bertz CT molecular complexity index is 845. The van der Waals surface area contributed by atoms with E-state index in [0.29, 0.717) is 32.4 Å². The monoisotopic (exact) mass is 425 g/mol. The van der Waals surface area contributed by atoms with Gasteiger partial charge in [-0.25, -0.2) is 9.97 Å². The van der Waals surface area contributed by atoms with Crippen molar-refractivity contribution in [2.45, 2.75) is 31.0 Å². The number of benzene rings is 1. The van der Waals surface area contributed by atoms with Crippen molar-refractivity contribution in [1.29, 1.82) is 0 Å². The topological polar surface area (TPSA) is 93.0 Å². The molecule has 2 aromatic rings. The number of aliphatic hydroxyl groups excluding tert-OH is 1. The Morgan fingerprint density at radius 2 is 1.74 bits per heavy atom. The molecule has 2 N–H and O–H groups in total. The molecule has 0 spiro atoms. The van der Waals surface area contributed by atoms with Gasteiger partial charge in [0.15, 0.2) is 0 Å². The minimum atomic E-state index is -1.19. The Morgan fingerprint density at radius 1 is 1.03 bits per heavy atom. The maximum Gasteiger partial charge on any atom is 0.225 e. The van der Waals surface area contributed by atoms with Crippen molar-refractivity contribution in [3.8, 4) is 0 Å². The third-order valence-corrected chi connectivity index (χ3v) is 6.36. The summed E-state index contributed by atoms with van der Waals surface area (Å²) in [5.41, 5.74) is -0.0632. The van der Waals surface area contributed by atoms with Gasteiger partial charge >= 0.3 is 0 Å². The van der Waals surface area contributed by atoms with Crippen LogP contribution in [0.2, 0.25) is 0 Å². The Kier molecular flexibility index (Phi) is 6.80. The Balaban J connectivity index is 1.24. The number of hydrogen-bond acceptors (Lipinski definition) is 7. The molecule has 166 valence electrons. The van der Waals surface area contributed by atoms with E-state index in [-0.39, 0.29) is 12.5 Å². The van der Waals surface area contributed by atoms with Gasteiger partial charge in [0.25, 0.3) is 0 Å². The summed E-state index contributed by atoms with van der Waals surface area (Å²) in [7, 11) is 0. The Hall–Kier alpha value is -2.55. The molecule has 0 bridgehead atoms. The Morgan fingerprint density at radius 3 is 2.42 bits per heavy atom. The van der Waals surface area contributed by atoms with Gasteiger partial charge in [0, 0.05) is 64.6 Å². The molecule has 2 aliphatic heterocycles. The number of piperidine rings is 1. The molecule has 2 fully saturated rings. The number of aliphatic hydroxyl groups is 2. The summed E-state index contributed by atoms with van der Waals surface area (Å²) in [5, 5.41) is 21.8. The summed E-state index contributed by atoms with van der Waals surface area (Å²) in [4.78, 5) is 27.2. The minimum Gasteiger partial charge on any atom is -0.388 e. The van der Waals surface area contributed by atoms with Crippen molar-refractivity contribution in [2.75, 3.05) is 50.7 Å². The number of carbonyl (C=O) groups is 1. The number of hydrogen-bond donors (Lipinski definition) is 2. The molecule has 3 heterocycles. The van der Waals surface area contributed by atoms with Crippen LogP contribution in [0.4, 0.5) is 5.95 Å². The molecule has 2 aliphatic rings. The van der Waals surface area contributed by atoms with Crippen molar-refractivity contribution in [2.24, 2.45) is 0 Å². The van der Waals surface area contributed by atoms with E-state index in [1.54, 1.807) is 23.4 Å². The first-order valence-corrected chi connectivity index (χ1v) is 11.0. The van der Waals surface area contributed by atoms with E-state index >= 15 is 0 Å². The third-order valence-electron chi connectivity index (χ3n) is 6.36. The molecular weight excluding hydrogens is 394 g/mol.